The number of nitrogens with one attached hydrogen (secondary N) is 1. The molecule has 2 aromatic rings. The predicted octanol–water partition coefficient (Wildman–Crippen LogP) is 3.89. The van der Waals surface area contributed by atoms with Gasteiger partial charge >= 0.3 is 0 Å². The molecule has 0 radical (unpaired) electrons. The van der Waals surface area contributed by atoms with Crippen molar-refractivity contribution in [3.8, 4) is 11.1 Å². The third-order valence-corrected chi connectivity index (χ3v) is 2.87. The Morgan fingerprint density at radius 3 is 2.83 bits per heavy atom. The van der Waals surface area contributed by atoms with Crippen LogP contribution in [0.25, 0.3) is 11.1 Å². The number of hydrogen-bond acceptors (Lipinski definition) is 2. The minimum absolute atomic E-state index is 0.209. The van der Waals surface area contributed by atoms with Gasteiger partial charge in [-0.05, 0) is 38.1 Å². The molecule has 3 heteroatoms. The third-order valence-electron chi connectivity index (χ3n) is 2.87. The Bertz CT molecular complexity index is 519. The van der Waals surface area contributed by atoms with E-state index in [0.29, 0.717) is 12.1 Å². The second-order valence-corrected chi connectivity index (χ2v) is 4.42. The van der Waals surface area contributed by atoms with Crippen LogP contribution in [0.1, 0.15) is 24.7 Å². The average Bonchev–Trinajstić information content (AvgIpc) is 2.81. The van der Waals surface area contributed by atoms with Gasteiger partial charge in [0, 0.05) is 11.1 Å². The van der Waals surface area contributed by atoms with Crippen molar-refractivity contribution < 1.29 is 8.81 Å². The number of halogens is 1. The van der Waals surface area contributed by atoms with E-state index in [9.17, 15) is 4.39 Å². The second-order valence-electron chi connectivity index (χ2n) is 4.42. The van der Waals surface area contributed by atoms with Crippen LogP contribution in [0.2, 0.25) is 0 Å². The van der Waals surface area contributed by atoms with E-state index < -0.39 is 0 Å². The maximum Gasteiger partial charge on any atom is 0.131 e. The van der Waals surface area contributed by atoms with Crippen LogP contribution in [0, 0.1) is 12.7 Å². The van der Waals surface area contributed by atoms with Crippen molar-refractivity contribution in [1.82, 2.24) is 5.32 Å². The summed E-state index contributed by atoms with van der Waals surface area (Å²) in [6, 6.07) is 6.94. The molecule has 0 bridgehead atoms. The van der Waals surface area contributed by atoms with Gasteiger partial charge in [0.2, 0.25) is 0 Å². The highest BCUT2D eigenvalue weighted by molar-refractivity contribution is 5.66. The van der Waals surface area contributed by atoms with E-state index in [4.69, 9.17) is 4.42 Å². The molecule has 0 atom stereocenters. The average molecular weight is 247 g/mol. The van der Waals surface area contributed by atoms with Crippen molar-refractivity contribution in [2.75, 3.05) is 6.54 Å². The molecule has 0 spiro atoms. The third kappa shape index (κ3) is 2.79. The summed E-state index contributed by atoms with van der Waals surface area (Å²) in [5, 5.41) is 3.27. The first-order valence-electron chi connectivity index (χ1n) is 6.26. The molecule has 0 amide bonds. The molecule has 1 heterocycles. The van der Waals surface area contributed by atoms with Gasteiger partial charge in [0.15, 0.2) is 0 Å². The van der Waals surface area contributed by atoms with Gasteiger partial charge in [-0.3, -0.25) is 0 Å². The van der Waals surface area contributed by atoms with Crippen molar-refractivity contribution in [2.24, 2.45) is 0 Å². The topological polar surface area (TPSA) is 25.2 Å². The monoisotopic (exact) mass is 247 g/mol. The number of hydrogen-bond donors (Lipinski definition) is 1. The second kappa shape index (κ2) is 5.83. The van der Waals surface area contributed by atoms with E-state index in [1.807, 2.05) is 19.1 Å². The highest BCUT2D eigenvalue weighted by Gasteiger charge is 2.12. The molecule has 0 saturated carbocycles. The van der Waals surface area contributed by atoms with Crippen LogP contribution < -0.4 is 5.32 Å². The van der Waals surface area contributed by atoms with E-state index in [1.54, 1.807) is 12.3 Å². The summed E-state index contributed by atoms with van der Waals surface area (Å²) < 4.78 is 19.3. The summed E-state index contributed by atoms with van der Waals surface area (Å²) in [6.07, 6.45) is 2.68. The Labute approximate surface area is 107 Å². The Morgan fingerprint density at radius 2 is 2.06 bits per heavy atom. The van der Waals surface area contributed by atoms with Crippen LogP contribution in [0.4, 0.5) is 4.39 Å². The van der Waals surface area contributed by atoms with Crippen LogP contribution in [0.3, 0.4) is 0 Å². The molecule has 2 rings (SSSR count). The van der Waals surface area contributed by atoms with E-state index >= 15 is 0 Å². The van der Waals surface area contributed by atoms with Gasteiger partial charge < -0.3 is 9.73 Å². The summed E-state index contributed by atoms with van der Waals surface area (Å²) in [7, 11) is 0. The van der Waals surface area contributed by atoms with Gasteiger partial charge in [-0.25, -0.2) is 4.39 Å². The zero-order valence-corrected chi connectivity index (χ0v) is 10.8. The molecule has 0 unspecified atom stereocenters. The van der Waals surface area contributed by atoms with E-state index in [-0.39, 0.29) is 5.82 Å². The SMILES string of the molecule is CCCNCc1occc1-c1cc(C)ccc1F. The van der Waals surface area contributed by atoms with Crippen molar-refractivity contribution in [3.63, 3.8) is 0 Å². The van der Waals surface area contributed by atoms with Crippen LogP contribution >= 0.6 is 0 Å². The molecule has 18 heavy (non-hydrogen) atoms. The molecule has 1 N–H and O–H groups in total. The van der Waals surface area contributed by atoms with Crippen LogP contribution in [-0.4, -0.2) is 6.54 Å². The first-order chi connectivity index (χ1) is 8.72. The first kappa shape index (κ1) is 12.8. The standard InChI is InChI=1S/C15H18FNO/c1-3-7-17-10-15-12(6-8-18-15)13-9-11(2)4-5-14(13)16/h4-6,8-9,17H,3,7,10H2,1-2H3. The maximum atomic E-state index is 13.8. The Morgan fingerprint density at radius 1 is 1.22 bits per heavy atom. The number of rotatable bonds is 5. The zero-order valence-electron chi connectivity index (χ0n) is 10.8. The van der Waals surface area contributed by atoms with Crippen molar-refractivity contribution in [1.29, 1.82) is 0 Å². The minimum atomic E-state index is -0.209. The van der Waals surface area contributed by atoms with Crippen molar-refractivity contribution in [3.05, 3.63) is 47.7 Å². The van der Waals surface area contributed by atoms with E-state index in [2.05, 4.69) is 12.2 Å². The van der Waals surface area contributed by atoms with Gasteiger partial charge in [0.05, 0.1) is 12.8 Å². The maximum absolute atomic E-state index is 13.8. The first-order valence-corrected chi connectivity index (χ1v) is 6.26. The zero-order chi connectivity index (χ0) is 13.0. The molecular weight excluding hydrogens is 229 g/mol. The van der Waals surface area contributed by atoms with Crippen molar-refractivity contribution in [2.45, 2.75) is 26.8 Å². The summed E-state index contributed by atoms with van der Waals surface area (Å²) in [4.78, 5) is 0. The fourth-order valence-corrected chi connectivity index (χ4v) is 1.94. The number of benzene rings is 1. The smallest absolute Gasteiger partial charge is 0.131 e. The lowest BCUT2D eigenvalue weighted by molar-refractivity contribution is 0.484. The van der Waals surface area contributed by atoms with Crippen LogP contribution in [0.5, 0.6) is 0 Å². The number of furan rings is 1. The molecule has 0 aliphatic carbocycles. The normalized spacial score (nSPS) is 10.8. The molecule has 0 saturated heterocycles. The van der Waals surface area contributed by atoms with Gasteiger partial charge in [0.1, 0.15) is 11.6 Å². The molecular formula is C15H18FNO. The lowest BCUT2D eigenvalue weighted by Crippen LogP contribution is -2.13. The van der Waals surface area contributed by atoms with E-state index in [1.165, 1.54) is 6.07 Å². The quantitative estimate of drug-likeness (QED) is 0.811. The Hall–Kier alpha value is -1.61. The van der Waals surface area contributed by atoms with Crippen molar-refractivity contribution >= 4 is 0 Å². The highest BCUT2D eigenvalue weighted by atomic mass is 19.1. The minimum Gasteiger partial charge on any atom is -0.467 e. The fraction of sp³-hybridized carbons (Fsp3) is 0.333. The van der Waals surface area contributed by atoms with Crippen LogP contribution in [0.15, 0.2) is 34.9 Å². The fourth-order valence-electron chi connectivity index (χ4n) is 1.94. The van der Waals surface area contributed by atoms with Gasteiger partial charge in [0.25, 0.3) is 0 Å². The van der Waals surface area contributed by atoms with Gasteiger partial charge in [-0.15, -0.1) is 0 Å². The molecule has 0 fully saturated rings. The molecule has 96 valence electrons. The van der Waals surface area contributed by atoms with Crippen LogP contribution in [-0.2, 0) is 6.54 Å². The van der Waals surface area contributed by atoms with E-state index in [0.717, 1.165) is 29.9 Å². The Balaban J connectivity index is 2.27. The Kier molecular flexibility index (Phi) is 4.15. The largest absolute Gasteiger partial charge is 0.467 e. The summed E-state index contributed by atoms with van der Waals surface area (Å²) >= 11 is 0. The molecule has 1 aromatic carbocycles. The van der Waals surface area contributed by atoms with Gasteiger partial charge in [-0.2, -0.15) is 0 Å². The molecule has 1 aromatic heterocycles. The number of aryl methyl sites for hydroxylation is 1. The highest BCUT2D eigenvalue weighted by Crippen LogP contribution is 2.28. The summed E-state index contributed by atoms with van der Waals surface area (Å²) in [5.74, 6) is 0.576. The summed E-state index contributed by atoms with van der Waals surface area (Å²) in [5.41, 5.74) is 2.48. The molecule has 2 nitrogen and oxygen atoms in total. The lowest BCUT2D eigenvalue weighted by atomic mass is 10.0. The molecule has 0 aliphatic heterocycles. The predicted molar refractivity (Wildman–Crippen MR) is 70.8 cm³/mol. The lowest BCUT2D eigenvalue weighted by Gasteiger charge is -2.06. The summed E-state index contributed by atoms with van der Waals surface area (Å²) in [6.45, 7) is 5.62. The van der Waals surface area contributed by atoms with Gasteiger partial charge in [-0.1, -0.05) is 18.6 Å². The molecule has 0 aliphatic rings.